The number of nitrogens with zero attached hydrogens (tertiary/aromatic N) is 3. The van der Waals surface area contributed by atoms with Crippen molar-refractivity contribution in [1.29, 1.82) is 0 Å². The first-order valence-corrected chi connectivity index (χ1v) is 10.1. The number of fused-ring (bicyclic) bond motifs is 1. The van der Waals surface area contributed by atoms with Crippen LogP contribution >= 0.6 is 0 Å². The standard InChI is InChI=1S/C23H28N4O3/c1-14(2)18-8-6-7-9-20(18)25-22(28)13-30-23(29)11-10-19-16(4)24-21-12-15(3)26-27(21)17(19)5/h6-9,12,14H,10-11,13H2,1-5H3,(H,25,28). The number of para-hydroxylation sites is 1. The van der Waals surface area contributed by atoms with Crippen LogP contribution in [0.2, 0.25) is 0 Å². The van der Waals surface area contributed by atoms with Crippen molar-refractivity contribution in [2.75, 3.05) is 11.9 Å². The summed E-state index contributed by atoms with van der Waals surface area (Å²) >= 11 is 0. The molecule has 0 aliphatic rings. The highest BCUT2D eigenvalue weighted by Gasteiger charge is 2.15. The van der Waals surface area contributed by atoms with Crippen molar-refractivity contribution in [3.8, 4) is 0 Å². The Morgan fingerprint density at radius 2 is 1.90 bits per heavy atom. The fourth-order valence-electron chi connectivity index (χ4n) is 3.55. The molecule has 1 amide bonds. The van der Waals surface area contributed by atoms with E-state index in [-0.39, 0.29) is 24.9 Å². The summed E-state index contributed by atoms with van der Waals surface area (Å²) in [7, 11) is 0. The third-order valence-electron chi connectivity index (χ3n) is 5.09. The van der Waals surface area contributed by atoms with E-state index in [0.717, 1.165) is 39.5 Å². The van der Waals surface area contributed by atoms with Gasteiger partial charge in [-0.15, -0.1) is 0 Å². The van der Waals surface area contributed by atoms with Gasteiger partial charge in [0.2, 0.25) is 0 Å². The minimum atomic E-state index is -0.419. The Morgan fingerprint density at radius 3 is 2.63 bits per heavy atom. The van der Waals surface area contributed by atoms with Gasteiger partial charge < -0.3 is 10.1 Å². The van der Waals surface area contributed by atoms with E-state index in [1.165, 1.54) is 0 Å². The molecule has 2 heterocycles. The Bertz CT molecular complexity index is 1090. The summed E-state index contributed by atoms with van der Waals surface area (Å²) in [6, 6.07) is 9.55. The molecule has 0 saturated heterocycles. The van der Waals surface area contributed by atoms with Crippen LogP contribution in [-0.4, -0.2) is 33.1 Å². The van der Waals surface area contributed by atoms with E-state index in [1.807, 2.05) is 51.1 Å². The highest BCUT2D eigenvalue weighted by Crippen LogP contribution is 2.23. The summed E-state index contributed by atoms with van der Waals surface area (Å²) in [4.78, 5) is 29.0. The van der Waals surface area contributed by atoms with Crippen molar-refractivity contribution in [1.82, 2.24) is 14.6 Å². The van der Waals surface area contributed by atoms with E-state index < -0.39 is 5.97 Å². The summed E-state index contributed by atoms with van der Waals surface area (Å²) in [6.07, 6.45) is 0.654. The number of amides is 1. The lowest BCUT2D eigenvalue weighted by atomic mass is 10.0. The van der Waals surface area contributed by atoms with Crippen LogP contribution in [0.4, 0.5) is 5.69 Å². The number of ether oxygens (including phenoxy) is 1. The average Bonchev–Trinajstić information content (AvgIpc) is 3.06. The molecule has 1 aromatic carbocycles. The van der Waals surface area contributed by atoms with Crippen LogP contribution in [0.1, 0.15) is 54.4 Å². The van der Waals surface area contributed by atoms with E-state index >= 15 is 0 Å². The zero-order chi connectivity index (χ0) is 21.8. The second-order valence-corrected chi connectivity index (χ2v) is 7.77. The van der Waals surface area contributed by atoms with Gasteiger partial charge in [-0.2, -0.15) is 5.10 Å². The van der Waals surface area contributed by atoms with Gasteiger partial charge in [0.1, 0.15) is 0 Å². The van der Waals surface area contributed by atoms with Gasteiger partial charge in [0.05, 0.1) is 5.69 Å². The molecule has 1 N–H and O–H groups in total. The highest BCUT2D eigenvalue weighted by atomic mass is 16.5. The number of esters is 1. The van der Waals surface area contributed by atoms with Crippen LogP contribution in [0, 0.1) is 20.8 Å². The molecule has 0 bridgehead atoms. The maximum absolute atomic E-state index is 12.2. The average molecular weight is 409 g/mol. The Kier molecular flexibility index (Phi) is 6.50. The molecule has 0 fully saturated rings. The van der Waals surface area contributed by atoms with Crippen molar-refractivity contribution in [3.05, 3.63) is 58.5 Å². The predicted molar refractivity (Wildman–Crippen MR) is 116 cm³/mol. The fraction of sp³-hybridized carbons (Fsp3) is 0.391. The number of aromatic nitrogens is 3. The summed E-state index contributed by atoms with van der Waals surface area (Å²) in [5.74, 6) is -0.489. The fourth-order valence-corrected chi connectivity index (χ4v) is 3.55. The van der Waals surface area contributed by atoms with Crippen LogP contribution in [-0.2, 0) is 20.7 Å². The lowest BCUT2D eigenvalue weighted by molar-refractivity contribution is -0.147. The van der Waals surface area contributed by atoms with Crippen molar-refractivity contribution < 1.29 is 14.3 Å². The molecule has 0 spiro atoms. The maximum Gasteiger partial charge on any atom is 0.306 e. The van der Waals surface area contributed by atoms with Crippen LogP contribution in [0.3, 0.4) is 0 Å². The smallest absolute Gasteiger partial charge is 0.306 e. The molecule has 0 saturated carbocycles. The van der Waals surface area contributed by atoms with Gasteiger partial charge in [0, 0.05) is 29.6 Å². The zero-order valence-electron chi connectivity index (χ0n) is 18.2. The lowest BCUT2D eigenvalue weighted by Crippen LogP contribution is -2.22. The van der Waals surface area contributed by atoms with E-state index in [2.05, 4.69) is 29.2 Å². The molecule has 3 aromatic rings. The molecule has 7 nitrogen and oxygen atoms in total. The summed E-state index contributed by atoms with van der Waals surface area (Å²) < 4.78 is 6.97. The quantitative estimate of drug-likeness (QED) is 0.600. The van der Waals surface area contributed by atoms with Crippen molar-refractivity contribution in [2.24, 2.45) is 0 Å². The minimum absolute atomic E-state index is 0.172. The summed E-state index contributed by atoms with van der Waals surface area (Å²) in [5.41, 5.74) is 6.28. The molecule has 30 heavy (non-hydrogen) atoms. The Hall–Kier alpha value is -3.22. The molecule has 0 atom stereocenters. The van der Waals surface area contributed by atoms with E-state index in [4.69, 9.17) is 4.74 Å². The number of hydrogen-bond donors (Lipinski definition) is 1. The summed E-state index contributed by atoms with van der Waals surface area (Å²) in [5, 5.41) is 7.27. The lowest BCUT2D eigenvalue weighted by Gasteiger charge is -2.14. The normalized spacial score (nSPS) is 11.1. The predicted octanol–water partition coefficient (Wildman–Crippen LogP) is 3.89. The van der Waals surface area contributed by atoms with Crippen molar-refractivity contribution >= 4 is 23.2 Å². The zero-order valence-corrected chi connectivity index (χ0v) is 18.2. The van der Waals surface area contributed by atoms with Gasteiger partial charge in [0.25, 0.3) is 5.91 Å². The molecule has 158 valence electrons. The first kappa shape index (κ1) is 21.5. The van der Waals surface area contributed by atoms with Gasteiger partial charge in [0.15, 0.2) is 12.3 Å². The Balaban J connectivity index is 1.56. The largest absolute Gasteiger partial charge is 0.456 e. The molecule has 0 radical (unpaired) electrons. The van der Waals surface area contributed by atoms with Crippen molar-refractivity contribution in [2.45, 2.75) is 53.4 Å². The monoisotopic (exact) mass is 408 g/mol. The molecule has 3 rings (SSSR count). The maximum atomic E-state index is 12.2. The van der Waals surface area contributed by atoms with Gasteiger partial charge >= 0.3 is 5.97 Å². The number of benzene rings is 1. The van der Waals surface area contributed by atoms with E-state index in [1.54, 1.807) is 4.52 Å². The number of nitrogens with one attached hydrogen (secondary N) is 1. The number of rotatable bonds is 7. The van der Waals surface area contributed by atoms with Gasteiger partial charge in [-0.1, -0.05) is 32.0 Å². The Labute approximate surface area is 176 Å². The molecule has 0 unspecified atom stereocenters. The molecule has 7 heteroatoms. The third-order valence-corrected chi connectivity index (χ3v) is 5.09. The first-order chi connectivity index (χ1) is 14.3. The summed E-state index contributed by atoms with van der Waals surface area (Å²) in [6.45, 7) is 9.63. The molecule has 0 aliphatic carbocycles. The van der Waals surface area contributed by atoms with E-state index in [0.29, 0.717) is 6.42 Å². The topological polar surface area (TPSA) is 85.6 Å². The van der Waals surface area contributed by atoms with Crippen LogP contribution < -0.4 is 5.32 Å². The minimum Gasteiger partial charge on any atom is -0.456 e. The molecular formula is C23H28N4O3. The SMILES string of the molecule is Cc1cc2nc(C)c(CCC(=O)OCC(=O)Nc3ccccc3C(C)C)c(C)n2n1. The van der Waals surface area contributed by atoms with Gasteiger partial charge in [-0.3, -0.25) is 9.59 Å². The Morgan fingerprint density at radius 1 is 1.17 bits per heavy atom. The number of aryl methyl sites for hydroxylation is 3. The molecule has 2 aromatic heterocycles. The number of hydrogen-bond acceptors (Lipinski definition) is 5. The first-order valence-electron chi connectivity index (χ1n) is 10.1. The van der Waals surface area contributed by atoms with Crippen LogP contribution in [0.15, 0.2) is 30.3 Å². The number of anilines is 1. The highest BCUT2D eigenvalue weighted by molar-refractivity contribution is 5.93. The number of carbonyl (C=O) groups excluding carboxylic acids is 2. The third kappa shape index (κ3) is 4.84. The molecular weight excluding hydrogens is 380 g/mol. The van der Waals surface area contributed by atoms with Gasteiger partial charge in [-0.25, -0.2) is 9.50 Å². The second kappa shape index (κ2) is 9.07. The number of carbonyl (C=O) groups is 2. The van der Waals surface area contributed by atoms with E-state index in [9.17, 15) is 9.59 Å². The molecule has 0 aliphatic heterocycles. The van der Waals surface area contributed by atoms with Crippen LogP contribution in [0.25, 0.3) is 5.65 Å². The van der Waals surface area contributed by atoms with Crippen LogP contribution in [0.5, 0.6) is 0 Å². The van der Waals surface area contributed by atoms with Crippen molar-refractivity contribution in [3.63, 3.8) is 0 Å². The second-order valence-electron chi connectivity index (χ2n) is 7.77. The van der Waals surface area contributed by atoms with Gasteiger partial charge in [-0.05, 0) is 50.3 Å².